The predicted molar refractivity (Wildman–Crippen MR) is 79.4 cm³/mol. The fraction of sp³-hybridized carbons (Fsp3) is 0.615. The number of urea groups is 1. The first-order chi connectivity index (χ1) is 9.63. The van der Waals surface area contributed by atoms with Gasteiger partial charge in [-0.05, 0) is 26.7 Å². The molecule has 0 aliphatic heterocycles. The Labute approximate surface area is 121 Å². The summed E-state index contributed by atoms with van der Waals surface area (Å²) in [6.45, 7) is 4.04. The zero-order chi connectivity index (χ0) is 14.1. The highest BCUT2D eigenvalue weighted by molar-refractivity contribution is 7.17. The summed E-state index contributed by atoms with van der Waals surface area (Å²) >= 11 is 1.58. The Morgan fingerprint density at radius 3 is 2.75 bits per heavy atom. The van der Waals surface area contributed by atoms with E-state index in [4.69, 9.17) is 0 Å². The van der Waals surface area contributed by atoms with Crippen molar-refractivity contribution in [1.82, 2.24) is 19.9 Å². The molecule has 1 fully saturated rings. The van der Waals surface area contributed by atoms with Gasteiger partial charge >= 0.3 is 6.03 Å². The van der Waals surface area contributed by atoms with Gasteiger partial charge < -0.3 is 5.32 Å². The van der Waals surface area contributed by atoms with Crippen LogP contribution in [-0.2, 0) is 0 Å². The molecular formula is C13H19N5OS. The number of anilines is 1. The van der Waals surface area contributed by atoms with E-state index in [1.54, 1.807) is 15.9 Å². The number of hydrogen-bond acceptors (Lipinski definition) is 4. The van der Waals surface area contributed by atoms with Gasteiger partial charge in [-0.3, -0.25) is 5.32 Å². The van der Waals surface area contributed by atoms with E-state index in [1.165, 1.54) is 24.1 Å². The minimum Gasteiger partial charge on any atom is -0.335 e. The second-order valence-electron chi connectivity index (χ2n) is 5.31. The van der Waals surface area contributed by atoms with E-state index in [0.717, 1.165) is 23.5 Å². The maximum Gasteiger partial charge on any atom is 0.321 e. The number of fused-ring (bicyclic) bond motifs is 1. The average Bonchev–Trinajstić information content (AvgIpc) is 2.91. The molecule has 0 unspecified atom stereocenters. The molecule has 0 atom stereocenters. The lowest BCUT2D eigenvalue weighted by molar-refractivity contribution is 0.244. The van der Waals surface area contributed by atoms with Crippen LogP contribution < -0.4 is 10.6 Å². The number of nitrogens with one attached hydrogen (secondary N) is 2. The SMILES string of the molecule is Cc1sc2nc(NC(=O)NC3CCCCC3)nn2c1C. The number of amides is 2. The molecule has 1 aliphatic carbocycles. The van der Waals surface area contributed by atoms with Crippen molar-refractivity contribution in [3.05, 3.63) is 10.6 Å². The zero-order valence-electron chi connectivity index (χ0n) is 11.8. The van der Waals surface area contributed by atoms with Gasteiger partial charge in [0.15, 0.2) is 0 Å². The third-order valence-electron chi connectivity index (χ3n) is 3.81. The lowest BCUT2D eigenvalue weighted by Crippen LogP contribution is -2.39. The molecule has 108 valence electrons. The van der Waals surface area contributed by atoms with Crippen molar-refractivity contribution in [2.45, 2.75) is 52.0 Å². The van der Waals surface area contributed by atoms with Crippen molar-refractivity contribution >= 4 is 28.3 Å². The first kappa shape index (κ1) is 13.4. The van der Waals surface area contributed by atoms with Gasteiger partial charge in [0.05, 0.1) is 5.69 Å². The van der Waals surface area contributed by atoms with Crippen molar-refractivity contribution in [1.29, 1.82) is 0 Å². The van der Waals surface area contributed by atoms with E-state index < -0.39 is 0 Å². The number of thiazole rings is 1. The molecule has 0 saturated heterocycles. The van der Waals surface area contributed by atoms with Crippen molar-refractivity contribution in [2.75, 3.05) is 5.32 Å². The van der Waals surface area contributed by atoms with Gasteiger partial charge in [0.2, 0.25) is 4.96 Å². The van der Waals surface area contributed by atoms with Crippen molar-refractivity contribution in [3.63, 3.8) is 0 Å². The molecule has 0 bridgehead atoms. The summed E-state index contributed by atoms with van der Waals surface area (Å²) in [6, 6.07) is 0.0843. The predicted octanol–water partition coefficient (Wildman–Crippen LogP) is 2.86. The van der Waals surface area contributed by atoms with Gasteiger partial charge in [-0.2, -0.15) is 4.98 Å². The molecule has 20 heavy (non-hydrogen) atoms. The molecule has 2 aromatic rings. The van der Waals surface area contributed by atoms with E-state index >= 15 is 0 Å². The van der Waals surface area contributed by atoms with Gasteiger partial charge in [-0.25, -0.2) is 9.31 Å². The lowest BCUT2D eigenvalue weighted by atomic mass is 9.96. The zero-order valence-corrected chi connectivity index (χ0v) is 12.6. The number of carbonyl (C=O) groups is 1. The van der Waals surface area contributed by atoms with Crippen LogP contribution in [0.4, 0.5) is 10.7 Å². The normalized spacial score (nSPS) is 16.5. The molecule has 2 aromatic heterocycles. The second-order valence-corrected chi connectivity index (χ2v) is 6.49. The van der Waals surface area contributed by atoms with Gasteiger partial charge in [0, 0.05) is 10.9 Å². The van der Waals surface area contributed by atoms with Crippen LogP contribution in [0.5, 0.6) is 0 Å². The van der Waals surface area contributed by atoms with Crippen LogP contribution in [0.2, 0.25) is 0 Å². The Morgan fingerprint density at radius 1 is 1.30 bits per heavy atom. The first-order valence-electron chi connectivity index (χ1n) is 7.04. The Bertz CT molecular complexity index is 626. The van der Waals surface area contributed by atoms with E-state index in [9.17, 15) is 4.79 Å². The average molecular weight is 293 g/mol. The smallest absolute Gasteiger partial charge is 0.321 e. The van der Waals surface area contributed by atoms with Gasteiger partial charge in [0.1, 0.15) is 0 Å². The molecule has 0 aromatic carbocycles. The molecule has 2 N–H and O–H groups in total. The maximum atomic E-state index is 11.9. The van der Waals surface area contributed by atoms with Crippen LogP contribution in [0, 0.1) is 13.8 Å². The number of nitrogens with zero attached hydrogens (tertiary/aromatic N) is 3. The highest BCUT2D eigenvalue weighted by atomic mass is 32.1. The molecule has 2 heterocycles. The molecular weight excluding hydrogens is 274 g/mol. The van der Waals surface area contributed by atoms with Crippen molar-refractivity contribution in [2.24, 2.45) is 0 Å². The largest absolute Gasteiger partial charge is 0.335 e. The van der Waals surface area contributed by atoms with E-state index in [-0.39, 0.29) is 12.1 Å². The third kappa shape index (κ3) is 2.63. The lowest BCUT2D eigenvalue weighted by Gasteiger charge is -2.22. The molecule has 2 amide bonds. The number of carbonyl (C=O) groups excluding carboxylic acids is 1. The third-order valence-corrected chi connectivity index (χ3v) is 4.86. The highest BCUT2D eigenvalue weighted by Crippen LogP contribution is 2.21. The standard InChI is InChI=1S/C13H19N5OS/c1-8-9(2)20-13-16-11(17-18(8)13)15-12(19)14-10-6-4-3-5-7-10/h10H,3-7H2,1-2H3,(H2,14,15,17,19). The Balaban J connectivity index is 1.64. The second kappa shape index (κ2) is 5.40. The molecule has 7 heteroatoms. The molecule has 6 nitrogen and oxygen atoms in total. The summed E-state index contributed by atoms with van der Waals surface area (Å²) in [5.41, 5.74) is 1.07. The minimum absolute atomic E-state index is 0.204. The van der Waals surface area contributed by atoms with Crippen molar-refractivity contribution in [3.8, 4) is 0 Å². The van der Waals surface area contributed by atoms with E-state index in [0.29, 0.717) is 5.95 Å². The Kier molecular flexibility index (Phi) is 3.60. The topological polar surface area (TPSA) is 71.3 Å². The summed E-state index contributed by atoms with van der Waals surface area (Å²) < 4.78 is 1.77. The first-order valence-corrected chi connectivity index (χ1v) is 7.85. The number of hydrogen-bond donors (Lipinski definition) is 2. The van der Waals surface area contributed by atoms with Crippen LogP contribution in [-0.4, -0.2) is 26.7 Å². The Hall–Kier alpha value is -1.63. The summed E-state index contributed by atoms with van der Waals surface area (Å²) in [6.07, 6.45) is 5.80. The molecule has 1 aliphatic rings. The summed E-state index contributed by atoms with van der Waals surface area (Å²) in [5, 5.41) is 10.0. The molecule has 0 radical (unpaired) electrons. The minimum atomic E-state index is -0.204. The van der Waals surface area contributed by atoms with Gasteiger partial charge in [-0.15, -0.1) is 5.10 Å². The monoisotopic (exact) mass is 293 g/mol. The maximum absolute atomic E-state index is 11.9. The summed E-state index contributed by atoms with van der Waals surface area (Å²) in [5.74, 6) is 0.368. The quantitative estimate of drug-likeness (QED) is 0.894. The van der Waals surface area contributed by atoms with Crippen LogP contribution in [0.3, 0.4) is 0 Å². The van der Waals surface area contributed by atoms with Crippen LogP contribution in [0.25, 0.3) is 4.96 Å². The van der Waals surface area contributed by atoms with Gasteiger partial charge in [-0.1, -0.05) is 30.6 Å². The van der Waals surface area contributed by atoms with Crippen molar-refractivity contribution < 1.29 is 4.79 Å². The molecule has 1 saturated carbocycles. The van der Waals surface area contributed by atoms with Crippen LogP contribution in [0.15, 0.2) is 0 Å². The van der Waals surface area contributed by atoms with Crippen LogP contribution >= 0.6 is 11.3 Å². The highest BCUT2D eigenvalue weighted by Gasteiger charge is 2.17. The Morgan fingerprint density at radius 2 is 2.05 bits per heavy atom. The molecule has 0 spiro atoms. The number of aryl methyl sites for hydroxylation is 2. The number of aromatic nitrogens is 3. The van der Waals surface area contributed by atoms with Crippen LogP contribution in [0.1, 0.15) is 42.7 Å². The van der Waals surface area contributed by atoms with Gasteiger partial charge in [0.25, 0.3) is 5.95 Å². The molecule has 3 rings (SSSR count). The number of rotatable bonds is 2. The van der Waals surface area contributed by atoms with E-state index in [1.807, 2.05) is 13.8 Å². The summed E-state index contributed by atoms with van der Waals surface area (Å²) in [4.78, 5) is 18.3. The fourth-order valence-corrected chi connectivity index (χ4v) is 3.47. The van der Waals surface area contributed by atoms with E-state index in [2.05, 4.69) is 20.7 Å². The summed E-state index contributed by atoms with van der Waals surface area (Å²) in [7, 11) is 0. The fourth-order valence-electron chi connectivity index (χ4n) is 2.57.